The van der Waals surface area contributed by atoms with Crippen LogP contribution in [0.25, 0.3) is 10.9 Å². The van der Waals surface area contributed by atoms with Gasteiger partial charge in [0, 0.05) is 33.6 Å². The fraction of sp³-hybridized carbons (Fsp3) is 0.118. The summed E-state index contributed by atoms with van der Waals surface area (Å²) in [6.45, 7) is 2.00. The van der Waals surface area contributed by atoms with Crippen molar-refractivity contribution in [3.8, 4) is 0 Å². The maximum absolute atomic E-state index is 11.7. The molecule has 1 aromatic heterocycles. The van der Waals surface area contributed by atoms with Crippen molar-refractivity contribution in [3.05, 3.63) is 58.7 Å². The van der Waals surface area contributed by atoms with E-state index in [4.69, 9.17) is 16.1 Å². The van der Waals surface area contributed by atoms with Crippen molar-refractivity contribution in [3.63, 3.8) is 0 Å². The smallest absolute Gasteiger partial charge is 0.353 e. The zero-order valence-electron chi connectivity index (χ0n) is 12.6. The molecule has 1 unspecified atom stereocenters. The third kappa shape index (κ3) is 2.98. The van der Waals surface area contributed by atoms with Crippen LogP contribution >= 0.6 is 19.7 Å². The summed E-state index contributed by atoms with van der Waals surface area (Å²) in [5.74, 6) is -1.01. The molecule has 0 aliphatic heterocycles. The number of benzene rings is 2. The molecule has 0 saturated carbocycles. The Morgan fingerprint density at radius 3 is 2.70 bits per heavy atom. The second-order valence-electron chi connectivity index (χ2n) is 5.16. The number of aryl methyl sites for hydroxylation is 1. The molecule has 3 aromatic rings. The van der Waals surface area contributed by atoms with Gasteiger partial charge in [-0.1, -0.05) is 35.4 Å². The Bertz CT molecular complexity index is 891. The van der Waals surface area contributed by atoms with E-state index in [-0.39, 0.29) is 5.69 Å². The van der Waals surface area contributed by atoms with Gasteiger partial charge in [-0.2, -0.15) is 0 Å². The first kappa shape index (κ1) is 16.0. The molecule has 0 saturated heterocycles. The summed E-state index contributed by atoms with van der Waals surface area (Å²) in [7, 11) is 0.336. The highest BCUT2D eigenvalue weighted by Crippen LogP contribution is 2.39. The summed E-state index contributed by atoms with van der Waals surface area (Å²) in [6.07, 6.45) is 0. The quantitative estimate of drug-likeness (QED) is 0.705. The third-order valence-corrected chi connectivity index (χ3v) is 5.79. The number of carboxylic acids is 1. The SMILES string of the molecule is COP(c1cccc(C)c1)c1c(C(=O)O)[nH]c2ccc(Cl)cc12. The fourth-order valence-electron chi connectivity index (χ4n) is 2.60. The topological polar surface area (TPSA) is 62.3 Å². The number of aromatic carboxylic acids is 1. The molecule has 0 aliphatic rings. The van der Waals surface area contributed by atoms with Crippen molar-refractivity contribution in [1.29, 1.82) is 0 Å². The van der Waals surface area contributed by atoms with Crippen LogP contribution in [0.4, 0.5) is 0 Å². The van der Waals surface area contributed by atoms with Gasteiger partial charge in [0.15, 0.2) is 0 Å². The lowest BCUT2D eigenvalue weighted by Gasteiger charge is -2.16. The number of aromatic nitrogens is 1. The van der Waals surface area contributed by atoms with Crippen LogP contribution in [-0.2, 0) is 4.52 Å². The molecule has 6 heteroatoms. The third-order valence-electron chi connectivity index (χ3n) is 3.57. The Morgan fingerprint density at radius 1 is 1.26 bits per heavy atom. The number of halogens is 1. The monoisotopic (exact) mass is 347 g/mol. The molecule has 2 aromatic carbocycles. The Labute approximate surface area is 139 Å². The first-order valence-corrected chi connectivity index (χ1v) is 8.60. The zero-order chi connectivity index (χ0) is 16.6. The van der Waals surface area contributed by atoms with E-state index in [1.54, 1.807) is 25.3 Å². The van der Waals surface area contributed by atoms with Crippen LogP contribution in [0.2, 0.25) is 5.02 Å². The van der Waals surface area contributed by atoms with Gasteiger partial charge in [0.05, 0.1) is 8.15 Å². The number of hydrogen-bond donors (Lipinski definition) is 2. The molecule has 4 nitrogen and oxygen atoms in total. The summed E-state index contributed by atoms with van der Waals surface area (Å²) < 4.78 is 5.71. The van der Waals surface area contributed by atoms with Crippen LogP contribution in [0.5, 0.6) is 0 Å². The number of nitrogens with one attached hydrogen (secondary N) is 1. The number of carbonyl (C=O) groups is 1. The van der Waals surface area contributed by atoms with E-state index in [0.29, 0.717) is 10.3 Å². The number of aromatic amines is 1. The summed E-state index contributed by atoms with van der Waals surface area (Å²) in [5.41, 5.74) is 1.98. The normalized spacial score (nSPS) is 12.5. The average molecular weight is 348 g/mol. The van der Waals surface area contributed by atoms with Gasteiger partial charge >= 0.3 is 5.97 Å². The number of carboxylic acid groups (broad SMARTS) is 1. The highest BCUT2D eigenvalue weighted by atomic mass is 35.5. The predicted octanol–water partition coefficient (Wildman–Crippen LogP) is 3.82. The van der Waals surface area contributed by atoms with Crippen LogP contribution in [0.3, 0.4) is 0 Å². The van der Waals surface area contributed by atoms with Crippen molar-refractivity contribution in [1.82, 2.24) is 4.98 Å². The molecule has 0 fully saturated rings. The number of fused-ring (bicyclic) bond motifs is 1. The fourth-order valence-corrected chi connectivity index (χ4v) is 4.72. The van der Waals surface area contributed by atoms with E-state index >= 15 is 0 Å². The lowest BCUT2D eigenvalue weighted by Crippen LogP contribution is -2.19. The highest BCUT2D eigenvalue weighted by molar-refractivity contribution is 7.69. The van der Waals surface area contributed by atoms with Crippen LogP contribution in [0.15, 0.2) is 42.5 Å². The molecule has 0 aliphatic carbocycles. The minimum absolute atomic E-state index is 0.150. The number of hydrogen-bond acceptors (Lipinski definition) is 2. The van der Waals surface area contributed by atoms with E-state index in [1.807, 2.05) is 31.2 Å². The molecule has 3 rings (SSSR count). The second kappa shape index (κ2) is 6.32. The summed E-state index contributed by atoms with van der Waals surface area (Å²) in [6, 6.07) is 13.2. The minimum Gasteiger partial charge on any atom is -0.477 e. The molecule has 0 spiro atoms. The standard InChI is InChI=1S/C17H15ClNO3P/c1-10-4-3-5-12(8-10)23(22-2)16-13-9-11(18)6-7-14(13)19-15(16)17(20)21/h3-9,19H,1-2H3,(H,20,21). The Morgan fingerprint density at radius 2 is 2.04 bits per heavy atom. The second-order valence-corrected chi connectivity index (χ2v) is 7.51. The largest absolute Gasteiger partial charge is 0.477 e. The van der Waals surface area contributed by atoms with Crippen LogP contribution < -0.4 is 10.6 Å². The number of rotatable bonds is 4. The van der Waals surface area contributed by atoms with Crippen molar-refractivity contribution in [2.75, 3.05) is 7.11 Å². The molecule has 0 amide bonds. The van der Waals surface area contributed by atoms with E-state index in [9.17, 15) is 9.90 Å². The molecule has 1 atom stereocenters. The molecule has 2 N–H and O–H groups in total. The van der Waals surface area contributed by atoms with Crippen molar-refractivity contribution in [2.24, 2.45) is 0 Å². The van der Waals surface area contributed by atoms with Gasteiger partial charge in [-0.15, -0.1) is 0 Å². The molecule has 0 radical (unpaired) electrons. The van der Waals surface area contributed by atoms with Gasteiger partial charge < -0.3 is 14.6 Å². The zero-order valence-corrected chi connectivity index (χ0v) is 14.3. The highest BCUT2D eigenvalue weighted by Gasteiger charge is 2.26. The van der Waals surface area contributed by atoms with Gasteiger partial charge in [0.25, 0.3) is 0 Å². The van der Waals surface area contributed by atoms with Gasteiger partial charge in [0.1, 0.15) is 5.69 Å². The summed E-state index contributed by atoms with van der Waals surface area (Å²) in [5, 5.41) is 12.5. The van der Waals surface area contributed by atoms with Gasteiger partial charge in [-0.05, 0) is 31.2 Å². The molecule has 0 bridgehead atoms. The Balaban J connectivity index is 2.29. The first-order valence-electron chi connectivity index (χ1n) is 6.96. The Kier molecular flexibility index (Phi) is 4.40. The van der Waals surface area contributed by atoms with E-state index < -0.39 is 14.1 Å². The molecular formula is C17H15ClNO3P. The van der Waals surface area contributed by atoms with Crippen molar-refractivity contribution in [2.45, 2.75) is 6.92 Å². The van der Waals surface area contributed by atoms with Crippen LogP contribution in [0.1, 0.15) is 16.1 Å². The maximum Gasteiger partial charge on any atom is 0.353 e. The lowest BCUT2D eigenvalue weighted by molar-refractivity contribution is 0.0693. The van der Waals surface area contributed by atoms with Crippen molar-refractivity contribution >= 4 is 47.2 Å². The van der Waals surface area contributed by atoms with Gasteiger partial charge in [-0.3, -0.25) is 0 Å². The number of H-pyrrole nitrogens is 1. The van der Waals surface area contributed by atoms with Gasteiger partial charge in [0.2, 0.25) is 0 Å². The molecular weight excluding hydrogens is 333 g/mol. The van der Waals surface area contributed by atoms with E-state index in [2.05, 4.69) is 4.98 Å². The molecule has 1 heterocycles. The lowest BCUT2D eigenvalue weighted by atomic mass is 10.2. The minimum atomic E-state index is -1.26. The maximum atomic E-state index is 11.7. The summed E-state index contributed by atoms with van der Waals surface area (Å²) in [4.78, 5) is 14.7. The average Bonchev–Trinajstić information content (AvgIpc) is 2.87. The Hall–Kier alpha value is -1.87. The first-order chi connectivity index (χ1) is 11.0. The van der Waals surface area contributed by atoms with Crippen LogP contribution in [-0.4, -0.2) is 23.2 Å². The van der Waals surface area contributed by atoms with Crippen LogP contribution in [0, 0.1) is 6.92 Å². The van der Waals surface area contributed by atoms with Gasteiger partial charge in [-0.25, -0.2) is 4.79 Å². The predicted molar refractivity (Wildman–Crippen MR) is 94.6 cm³/mol. The van der Waals surface area contributed by atoms with E-state index in [1.165, 1.54) is 0 Å². The molecule has 23 heavy (non-hydrogen) atoms. The van der Waals surface area contributed by atoms with Crippen molar-refractivity contribution < 1.29 is 14.4 Å². The summed E-state index contributed by atoms with van der Waals surface area (Å²) >= 11 is 6.10. The van der Waals surface area contributed by atoms with E-state index in [0.717, 1.165) is 21.8 Å². The molecule has 118 valence electrons.